The first kappa shape index (κ1) is 14.9. The first-order valence-electron chi connectivity index (χ1n) is 6.02. The normalized spacial score (nSPS) is 10.9. The number of ether oxygens (including phenoxy) is 1. The molecule has 0 spiro atoms. The fourth-order valence-electron chi connectivity index (χ4n) is 1.57. The number of hydrogen-bond donors (Lipinski definition) is 2. The number of primary amides is 1. The van der Waals surface area contributed by atoms with Crippen molar-refractivity contribution in [2.45, 2.75) is 39.7 Å². The third kappa shape index (κ3) is 4.24. The summed E-state index contributed by atoms with van der Waals surface area (Å²) in [6.45, 7) is 7.13. The summed E-state index contributed by atoms with van der Waals surface area (Å²) in [5.74, 6) is -0.503. The number of carbonyl (C=O) groups excluding carboxylic acids is 2. The van der Waals surface area contributed by atoms with Gasteiger partial charge >= 0.3 is 6.09 Å². The van der Waals surface area contributed by atoms with E-state index in [2.05, 4.69) is 10.3 Å². The van der Waals surface area contributed by atoms with Crippen molar-refractivity contribution in [1.82, 2.24) is 4.98 Å². The highest BCUT2D eigenvalue weighted by molar-refractivity contribution is 6.01. The molecule has 0 aliphatic rings. The number of nitrogens with one attached hydrogen (secondary N) is 1. The molecule has 0 aliphatic heterocycles. The smallest absolute Gasteiger partial charge is 0.413 e. The number of nitrogens with two attached hydrogens (primary N) is 1. The summed E-state index contributed by atoms with van der Waals surface area (Å²) in [5.41, 5.74) is 5.65. The Morgan fingerprint density at radius 3 is 2.53 bits per heavy atom. The molecular formula is C13H19N3O3. The minimum absolute atomic E-state index is 0.126. The van der Waals surface area contributed by atoms with Crippen molar-refractivity contribution in [2.75, 3.05) is 5.32 Å². The lowest BCUT2D eigenvalue weighted by Crippen LogP contribution is -2.28. The van der Waals surface area contributed by atoms with Gasteiger partial charge in [-0.1, -0.05) is 6.92 Å². The zero-order valence-corrected chi connectivity index (χ0v) is 11.6. The van der Waals surface area contributed by atoms with E-state index in [-0.39, 0.29) is 11.4 Å². The van der Waals surface area contributed by atoms with Gasteiger partial charge in [0, 0.05) is 6.20 Å². The maximum Gasteiger partial charge on any atom is 0.413 e. The van der Waals surface area contributed by atoms with E-state index in [4.69, 9.17) is 10.5 Å². The number of anilines is 1. The van der Waals surface area contributed by atoms with Crippen LogP contribution in [0.15, 0.2) is 12.3 Å². The molecule has 0 bridgehead atoms. The second kappa shape index (κ2) is 5.69. The summed E-state index contributed by atoms with van der Waals surface area (Å²) in [7, 11) is 0. The van der Waals surface area contributed by atoms with Crippen LogP contribution < -0.4 is 11.1 Å². The molecular weight excluding hydrogens is 246 g/mol. The Balaban J connectivity index is 3.01. The molecule has 0 radical (unpaired) electrons. The summed E-state index contributed by atoms with van der Waals surface area (Å²) in [4.78, 5) is 27.1. The second-order valence-corrected chi connectivity index (χ2v) is 5.04. The molecule has 19 heavy (non-hydrogen) atoms. The van der Waals surface area contributed by atoms with Crippen molar-refractivity contribution in [3.05, 3.63) is 23.4 Å². The van der Waals surface area contributed by atoms with Gasteiger partial charge in [0.15, 0.2) is 0 Å². The Morgan fingerprint density at radius 2 is 2.05 bits per heavy atom. The van der Waals surface area contributed by atoms with Gasteiger partial charge in [-0.15, -0.1) is 0 Å². The van der Waals surface area contributed by atoms with E-state index in [1.165, 1.54) is 6.20 Å². The number of rotatable bonds is 3. The molecule has 1 rings (SSSR count). The van der Waals surface area contributed by atoms with Crippen LogP contribution in [0.4, 0.5) is 10.6 Å². The van der Waals surface area contributed by atoms with Gasteiger partial charge in [0.1, 0.15) is 11.4 Å². The fraction of sp³-hybridized carbons (Fsp3) is 0.462. The molecule has 6 heteroatoms. The average molecular weight is 265 g/mol. The highest BCUT2D eigenvalue weighted by Crippen LogP contribution is 2.18. The molecule has 2 amide bonds. The van der Waals surface area contributed by atoms with Gasteiger partial charge in [-0.25, -0.2) is 9.78 Å². The zero-order chi connectivity index (χ0) is 14.6. The Labute approximate surface area is 112 Å². The van der Waals surface area contributed by atoms with Gasteiger partial charge in [-0.3, -0.25) is 10.1 Å². The van der Waals surface area contributed by atoms with Gasteiger partial charge in [0.05, 0.1) is 5.56 Å². The number of aromatic nitrogens is 1. The quantitative estimate of drug-likeness (QED) is 0.874. The van der Waals surface area contributed by atoms with E-state index < -0.39 is 17.6 Å². The monoisotopic (exact) mass is 265 g/mol. The van der Waals surface area contributed by atoms with Crippen LogP contribution in [0.1, 0.15) is 43.6 Å². The molecule has 6 nitrogen and oxygen atoms in total. The van der Waals surface area contributed by atoms with E-state index in [0.29, 0.717) is 6.42 Å². The molecule has 0 saturated carbocycles. The predicted molar refractivity (Wildman–Crippen MR) is 72.0 cm³/mol. The van der Waals surface area contributed by atoms with E-state index in [9.17, 15) is 9.59 Å². The van der Waals surface area contributed by atoms with Crippen molar-refractivity contribution in [3.8, 4) is 0 Å². The summed E-state index contributed by atoms with van der Waals surface area (Å²) in [5, 5.41) is 2.45. The molecule has 0 atom stereocenters. The standard InChI is InChI=1S/C13H19N3O3/c1-5-8-6-7-15-11(9(8)10(14)17)16-12(18)19-13(2,3)4/h6-7H,5H2,1-4H3,(H2,14,17)(H,15,16,18). The third-order valence-corrected chi connectivity index (χ3v) is 2.28. The van der Waals surface area contributed by atoms with Crippen molar-refractivity contribution in [3.63, 3.8) is 0 Å². The first-order chi connectivity index (χ1) is 8.74. The lowest BCUT2D eigenvalue weighted by molar-refractivity contribution is 0.0635. The van der Waals surface area contributed by atoms with Crippen LogP contribution in [-0.2, 0) is 11.2 Å². The average Bonchev–Trinajstić information content (AvgIpc) is 2.25. The fourth-order valence-corrected chi connectivity index (χ4v) is 1.57. The number of carbonyl (C=O) groups is 2. The third-order valence-electron chi connectivity index (χ3n) is 2.28. The zero-order valence-electron chi connectivity index (χ0n) is 11.6. The Bertz CT molecular complexity index is 492. The van der Waals surface area contributed by atoms with Gasteiger partial charge in [-0.05, 0) is 38.8 Å². The molecule has 1 aromatic rings. The Kier molecular flexibility index (Phi) is 4.47. The summed E-state index contributed by atoms with van der Waals surface area (Å²) >= 11 is 0. The van der Waals surface area contributed by atoms with Crippen LogP contribution in [0.3, 0.4) is 0 Å². The molecule has 0 aliphatic carbocycles. The number of nitrogens with zero attached hydrogens (tertiary/aromatic N) is 1. The van der Waals surface area contributed by atoms with Crippen LogP contribution in [-0.4, -0.2) is 22.6 Å². The topological polar surface area (TPSA) is 94.3 Å². The van der Waals surface area contributed by atoms with E-state index in [1.807, 2.05) is 6.92 Å². The molecule has 0 unspecified atom stereocenters. The molecule has 0 aromatic carbocycles. The minimum Gasteiger partial charge on any atom is -0.444 e. The highest BCUT2D eigenvalue weighted by atomic mass is 16.6. The highest BCUT2D eigenvalue weighted by Gasteiger charge is 2.20. The second-order valence-electron chi connectivity index (χ2n) is 5.04. The number of aryl methyl sites for hydroxylation is 1. The van der Waals surface area contributed by atoms with Crippen LogP contribution in [0.5, 0.6) is 0 Å². The van der Waals surface area contributed by atoms with Crippen molar-refractivity contribution < 1.29 is 14.3 Å². The number of hydrogen-bond acceptors (Lipinski definition) is 4. The van der Waals surface area contributed by atoms with Crippen molar-refractivity contribution in [1.29, 1.82) is 0 Å². The summed E-state index contributed by atoms with van der Waals surface area (Å²) in [6, 6.07) is 1.69. The largest absolute Gasteiger partial charge is 0.444 e. The van der Waals surface area contributed by atoms with Gasteiger partial charge in [-0.2, -0.15) is 0 Å². The van der Waals surface area contributed by atoms with Crippen LogP contribution in [0.25, 0.3) is 0 Å². The lowest BCUT2D eigenvalue weighted by Gasteiger charge is -2.20. The summed E-state index contributed by atoms with van der Waals surface area (Å²) in [6.07, 6.45) is 1.46. The van der Waals surface area contributed by atoms with Crippen LogP contribution in [0, 0.1) is 0 Å². The SMILES string of the molecule is CCc1ccnc(NC(=O)OC(C)(C)C)c1C(N)=O. The van der Waals surface area contributed by atoms with Gasteiger partial charge < -0.3 is 10.5 Å². The molecule has 3 N–H and O–H groups in total. The van der Waals surface area contributed by atoms with Gasteiger partial charge in [0.25, 0.3) is 5.91 Å². The van der Waals surface area contributed by atoms with Crippen molar-refractivity contribution >= 4 is 17.8 Å². The van der Waals surface area contributed by atoms with Crippen LogP contribution >= 0.6 is 0 Å². The molecule has 104 valence electrons. The Morgan fingerprint density at radius 1 is 1.42 bits per heavy atom. The maximum atomic E-state index is 11.7. The molecule has 1 aromatic heterocycles. The summed E-state index contributed by atoms with van der Waals surface area (Å²) < 4.78 is 5.11. The van der Waals surface area contributed by atoms with Crippen molar-refractivity contribution in [2.24, 2.45) is 5.73 Å². The molecule has 0 fully saturated rings. The van der Waals surface area contributed by atoms with Gasteiger partial charge in [0.2, 0.25) is 0 Å². The van der Waals surface area contributed by atoms with E-state index in [1.54, 1.807) is 26.8 Å². The minimum atomic E-state index is -0.671. The van der Waals surface area contributed by atoms with E-state index in [0.717, 1.165) is 5.56 Å². The molecule has 1 heterocycles. The lowest BCUT2D eigenvalue weighted by atomic mass is 10.1. The van der Waals surface area contributed by atoms with E-state index >= 15 is 0 Å². The maximum absolute atomic E-state index is 11.7. The Hall–Kier alpha value is -2.11. The number of pyridine rings is 1. The first-order valence-corrected chi connectivity index (χ1v) is 6.02. The predicted octanol–water partition coefficient (Wildman–Crippen LogP) is 2.09. The van der Waals surface area contributed by atoms with Crippen LogP contribution in [0.2, 0.25) is 0 Å². The molecule has 0 saturated heterocycles. The number of amides is 2.